The second-order valence-electron chi connectivity index (χ2n) is 5.56. The molecule has 0 fully saturated rings. The van der Waals surface area contributed by atoms with E-state index in [0.717, 1.165) is 28.6 Å². The van der Waals surface area contributed by atoms with Gasteiger partial charge in [-0.05, 0) is 48.9 Å². The van der Waals surface area contributed by atoms with Gasteiger partial charge in [-0.2, -0.15) is 4.31 Å². The molecule has 0 radical (unpaired) electrons. The lowest BCUT2D eigenvalue weighted by molar-refractivity contribution is -0.121. The standard InChI is InChI=1S/C17H18F2N2O3S/c1-12(13-3-5-14(18)6-4-13)20-17(22)11-21(2)25(23,24)16-9-7-15(19)8-10-16/h3-10,12H,11H2,1-2H3,(H,20,22). The molecule has 0 aliphatic rings. The van der Waals surface area contributed by atoms with Gasteiger partial charge >= 0.3 is 0 Å². The molecule has 5 nitrogen and oxygen atoms in total. The zero-order chi connectivity index (χ0) is 18.6. The minimum absolute atomic E-state index is 0.101. The number of halogens is 2. The third-order valence-corrected chi connectivity index (χ3v) is 5.45. The van der Waals surface area contributed by atoms with Crippen LogP contribution in [0.3, 0.4) is 0 Å². The summed E-state index contributed by atoms with van der Waals surface area (Å²) < 4.78 is 51.4. The Morgan fingerprint density at radius 1 is 1.04 bits per heavy atom. The van der Waals surface area contributed by atoms with Crippen LogP contribution in [0.1, 0.15) is 18.5 Å². The molecule has 25 heavy (non-hydrogen) atoms. The minimum atomic E-state index is -3.90. The lowest BCUT2D eigenvalue weighted by Gasteiger charge is -2.19. The molecule has 1 N–H and O–H groups in total. The highest BCUT2D eigenvalue weighted by Gasteiger charge is 2.23. The maximum absolute atomic E-state index is 12.9. The number of nitrogens with one attached hydrogen (secondary N) is 1. The summed E-state index contributed by atoms with van der Waals surface area (Å²) in [7, 11) is -2.64. The second-order valence-corrected chi connectivity index (χ2v) is 7.60. The molecule has 0 aliphatic carbocycles. The van der Waals surface area contributed by atoms with Gasteiger partial charge in [-0.3, -0.25) is 4.79 Å². The van der Waals surface area contributed by atoms with E-state index in [9.17, 15) is 22.0 Å². The molecule has 8 heteroatoms. The van der Waals surface area contributed by atoms with Gasteiger partial charge in [0, 0.05) is 7.05 Å². The normalized spacial score (nSPS) is 12.8. The number of sulfonamides is 1. The Bertz CT molecular complexity index is 837. The van der Waals surface area contributed by atoms with Crippen molar-refractivity contribution in [3.8, 4) is 0 Å². The number of carbonyl (C=O) groups excluding carboxylic acids is 1. The van der Waals surface area contributed by atoms with Crippen molar-refractivity contribution < 1.29 is 22.0 Å². The van der Waals surface area contributed by atoms with Crippen LogP contribution in [0.25, 0.3) is 0 Å². The second kappa shape index (κ2) is 7.71. The van der Waals surface area contributed by atoms with Gasteiger partial charge in [-0.15, -0.1) is 0 Å². The minimum Gasteiger partial charge on any atom is -0.348 e. The van der Waals surface area contributed by atoms with Crippen LogP contribution < -0.4 is 5.32 Å². The molecule has 1 atom stereocenters. The summed E-state index contributed by atoms with van der Waals surface area (Å²) in [4.78, 5) is 12.0. The van der Waals surface area contributed by atoms with Gasteiger partial charge in [0.25, 0.3) is 0 Å². The van der Waals surface area contributed by atoms with E-state index >= 15 is 0 Å². The predicted molar refractivity (Wildman–Crippen MR) is 89.2 cm³/mol. The van der Waals surface area contributed by atoms with Crippen molar-refractivity contribution in [3.05, 3.63) is 65.7 Å². The molecule has 0 bridgehead atoms. The van der Waals surface area contributed by atoms with E-state index in [-0.39, 0.29) is 10.7 Å². The first kappa shape index (κ1) is 19.0. The number of hydrogen-bond donors (Lipinski definition) is 1. The summed E-state index contributed by atoms with van der Waals surface area (Å²) in [6.45, 7) is 1.31. The monoisotopic (exact) mass is 368 g/mol. The average Bonchev–Trinajstić information content (AvgIpc) is 2.55. The van der Waals surface area contributed by atoms with E-state index in [0.29, 0.717) is 5.56 Å². The lowest BCUT2D eigenvalue weighted by Crippen LogP contribution is -2.39. The van der Waals surface area contributed by atoms with Crippen LogP contribution >= 0.6 is 0 Å². The van der Waals surface area contributed by atoms with Gasteiger partial charge < -0.3 is 5.32 Å². The Labute approximate surface area is 145 Å². The number of benzene rings is 2. The Kier molecular flexibility index (Phi) is 5.86. The van der Waals surface area contributed by atoms with Crippen LogP contribution in [0, 0.1) is 11.6 Å². The first-order chi connectivity index (χ1) is 11.7. The molecule has 2 aromatic carbocycles. The number of nitrogens with zero attached hydrogens (tertiary/aromatic N) is 1. The number of amides is 1. The SMILES string of the molecule is CC(NC(=O)CN(C)S(=O)(=O)c1ccc(F)cc1)c1ccc(F)cc1. The molecule has 1 amide bonds. The maximum atomic E-state index is 12.9. The van der Waals surface area contributed by atoms with Crippen molar-refractivity contribution in [2.75, 3.05) is 13.6 Å². The highest BCUT2D eigenvalue weighted by molar-refractivity contribution is 7.89. The van der Waals surface area contributed by atoms with Crippen molar-refractivity contribution in [2.24, 2.45) is 0 Å². The molecule has 134 valence electrons. The van der Waals surface area contributed by atoms with Crippen molar-refractivity contribution >= 4 is 15.9 Å². The first-order valence-electron chi connectivity index (χ1n) is 7.47. The van der Waals surface area contributed by atoms with Gasteiger partial charge in [-0.1, -0.05) is 12.1 Å². The average molecular weight is 368 g/mol. The number of hydrogen-bond acceptors (Lipinski definition) is 3. The fourth-order valence-corrected chi connectivity index (χ4v) is 3.32. The van der Waals surface area contributed by atoms with E-state index in [1.165, 1.54) is 19.2 Å². The molecule has 0 heterocycles. The van der Waals surface area contributed by atoms with Crippen molar-refractivity contribution in [3.63, 3.8) is 0 Å². The van der Waals surface area contributed by atoms with E-state index in [1.54, 1.807) is 19.1 Å². The van der Waals surface area contributed by atoms with E-state index in [1.807, 2.05) is 0 Å². The van der Waals surface area contributed by atoms with E-state index in [4.69, 9.17) is 0 Å². The van der Waals surface area contributed by atoms with Crippen molar-refractivity contribution in [1.29, 1.82) is 0 Å². The summed E-state index contributed by atoms with van der Waals surface area (Å²) in [5, 5.41) is 2.65. The van der Waals surface area contributed by atoms with Crippen LogP contribution in [-0.2, 0) is 14.8 Å². The zero-order valence-electron chi connectivity index (χ0n) is 13.7. The molecule has 0 saturated heterocycles. The van der Waals surface area contributed by atoms with Gasteiger partial charge in [0.05, 0.1) is 17.5 Å². The molecule has 0 spiro atoms. The topological polar surface area (TPSA) is 66.5 Å². The van der Waals surface area contributed by atoms with Crippen LogP contribution in [0.5, 0.6) is 0 Å². The Morgan fingerprint density at radius 3 is 2.04 bits per heavy atom. The molecule has 1 unspecified atom stereocenters. The fourth-order valence-electron chi connectivity index (χ4n) is 2.20. The van der Waals surface area contributed by atoms with Gasteiger partial charge in [0.2, 0.25) is 15.9 Å². The van der Waals surface area contributed by atoms with E-state index in [2.05, 4.69) is 5.32 Å². The quantitative estimate of drug-likeness (QED) is 0.852. The molecule has 0 aliphatic heterocycles. The molecular weight excluding hydrogens is 350 g/mol. The smallest absolute Gasteiger partial charge is 0.243 e. The van der Waals surface area contributed by atoms with Crippen molar-refractivity contribution in [1.82, 2.24) is 9.62 Å². The van der Waals surface area contributed by atoms with Gasteiger partial charge in [0.15, 0.2) is 0 Å². The highest BCUT2D eigenvalue weighted by Crippen LogP contribution is 2.16. The molecular formula is C17H18F2N2O3S. The predicted octanol–water partition coefficient (Wildman–Crippen LogP) is 2.46. The third-order valence-electron chi connectivity index (χ3n) is 3.64. The largest absolute Gasteiger partial charge is 0.348 e. The maximum Gasteiger partial charge on any atom is 0.243 e. The summed E-state index contributed by atoms with van der Waals surface area (Å²) >= 11 is 0. The van der Waals surface area contributed by atoms with Gasteiger partial charge in [-0.25, -0.2) is 17.2 Å². The number of carbonyl (C=O) groups is 1. The fraction of sp³-hybridized carbons (Fsp3) is 0.235. The van der Waals surface area contributed by atoms with Crippen LogP contribution in [0.4, 0.5) is 8.78 Å². The van der Waals surface area contributed by atoms with E-state index < -0.39 is 34.3 Å². The molecule has 0 saturated carbocycles. The lowest BCUT2D eigenvalue weighted by atomic mass is 10.1. The summed E-state index contributed by atoms with van der Waals surface area (Å²) in [5.74, 6) is -1.44. The number of rotatable bonds is 6. The number of likely N-dealkylation sites (N-methyl/N-ethyl adjacent to an activating group) is 1. The van der Waals surface area contributed by atoms with Crippen molar-refractivity contribution in [2.45, 2.75) is 17.9 Å². The van der Waals surface area contributed by atoms with Crippen LogP contribution in [-0.4, -0.2) is 32.2 Å². The Hall–Kier alpha value is -2.32. The van der Waals surface area contributed by atoms with Gasteiger partial charge in [0.1, 0.15) is 11.6 Å². The highest BCUT2D eigenvalue weighted by atomic mass is 32.2. The molecule has 2 rings (SSSR count). The summed E-state index contributed by atoms with van der Waals surface area (Å²) in [6.07, 6.45) is 0. The molecule has 0 aromatic heterocycles. The van der Waals surface area contributed by atoms with Crippen LogP contribution in [0.15, 0.2) is 53.4 Å². The summed E-state index contributed by atoms with van der Waals surface area (Å²) in [5.41, 5.74) is 0.693. The first-order valence-corrected chi connectivity index (χ1v) is 8.91. The third kappa shape index (κ3) is 4.83. The zero-order valence-corrected chi connectivity index (χ0v) is 14.6. The summed E-state index contributed by atoms with van der Waals surface area (Å²) in [6, 6.07) is 9.59. The Morgan fingerprint density at radius 2 is 1.52 bits per heavy atom. The van der Waals surface area contributed by atoms with Crippen LogP contribution in [0.2, 0.25) is 0 Å². The Balaban J connectivity index is 2.01. The molecule has 2 aromatic rings.